The highest BCUT2D eigenvalue weighted by Gasteiger charge is 2.15. The van der Waals surface area contributed by atoms with Crippen LogP contribution in [-0.4, -0.2) is 21.3 Å². The molecule has 0 aliphatic carbocycles. The third kappa shape index (κ3) is 5.16. The summed E-state index contributed by atoms with van der Waals surface area (Å²) in [5.74, 6) is 0.293. The molecule has 0 aromatic carbocycles. The Hall–Kier alpha value is -1.30. The molecule has 0 radical (unpaired) electrons. The fourth-order valence-electron chi connectivity index (χ4n) is 2.21. The summed E-state index contributed by atoms with van der Waals surface area (Å²) in [6.07, 6.45) is 2.63. The Morgan fingerprint density at radius 2 is 2.05 bits per heavy atom. The van der Waals surface area contributed by atoms with Gasteiger partial charge in [-0.2, -0.15) is 0 Å². The molecule has 1 atom stereocenters. The van der Waals surface area contributed by atoms with Crippen LogP contribution in [0, 0.1) is 12.8 Å². The van der Waals surface area contributed by atoms with Crippen LogP contribution in [0.3, 0.4) is 0 Å². The van der Waals surface area contributed by atoms with Crippen molar-refractivity contribution < 1.29 is 4.79 Å². The van der Waals surface area contributed by atoms with Crippen LogP contribution < -0.4 is 11.1 Å². The highest BCUT2D eigenvalue weighted by atomic mass is 35.5. The lowest BCUT2D eigenvalue weighted by molar-refractivity contribution is -0.122. The van der Waals surface area contributed by atoms with E-state index in [0.717, 1.165) is 17.0 Å². The summed E-state index contributed by atoms with van der Waals surface area (Å²) >= 11 is 0. The Labute approximate surface area is 143 Å². The summed E-state index contributed by atoms with van der Waals surface area (Å²) in [5, 5.41) is 2.84. The summed E-state index contributed by atoms with van der Waals surface area (Å²) in [6.45, 7) is 6.54. The standard InChI is InChI=1S/C15H22N4O.2ClH/c1-10(2)7-13(16)15(20)17-8-12-9-19-11(3)5-4-6-14(19)18-12;;/h4-6,9-10,13H,7-8,16H2,1-3H3,(H,17,20);2*1H/t13-;;/m0../s1. The van der Waals surface area contributed by atoms with Crippen molar-refractivity contribution in [2.24, 2.45) is 11.7 Å². The first kappa shape index (κ1) is 20.7. The van der Waals surface area contributed by atoms with E-state index in [-0.39, 0.29) is 30.7 Å². The molecule has 0 bridgehead atoms. The summed E-state index contributed by atoms with van der Waals surface area (Å²) in [4.78, 5) is 16.3. The molecule has 2 heterocycles. The Morgan fingerprint density at radius 3 is 2.64 bits per heavy atom. The molecule has 0 aliphatic heterocycles. The van der Waals surface area contributed by atoms with Gasteiger partial charge in [0.05, 0.1) is 18.3 Å². The number of amides is 1. The van der Waals surface area contributed by atoms with Gasteiger partial charge >= 0.3 is 0 Å². The Kier molecular flexibility index (Phi) is 8.45. The third-order valence-electron chi connectivity index (χ3n) is 3.25. The van der Waals surface area contributed by atoms with Crippen LogP contribution in [0.1, 0.15) is 31.7 Å². The summed E-state index contributed by atoms with van der Waals surface area (Å²) in [7, 11) is 0. The lowest BCUT2D eigenvalue weighted by Gasteiger charge is -2.13. The van der Waals surface area contributed by atoms with E-state index >= 15 is 0 Å². The second kappa shape index (κ2) is 8.98. The number of pyridine rings is 1. The van der Waals surface area contributed by atoms with Crippen molar-refractivity contribution in [2.75, 3.05) is 0 Å². The van der Waals surface area contributed by atoms with Gasteiger partial charge in [-0.1, -0.05) is 19.9 Å². The Balaban J connectivity index is 0.00000220. The first-order valence-electron chi connectivity index (χ1n) is 6.94. The van der Waals surface area contributed by atoms with E-state index in [2.05, 4.69) is 24.1 Å². The minimum atomic E-state index is -0.450. The number of carbonyl (C=O) groups excluding carboxylic acids is 1. The van der Waals surface area contributed by atoms with E-state index in [1.54, 1.807) is 0 Å². The van der Waals surface area contributed by atoms with Crippen LogP contribution in [0.25, 0.3) is 5.65 Å². The van der Waals surface area contributed by atoms with E-state index in [1.165, 1.54) is 0 Å². The highest BCUT2D eigenvalue weighted by molar-refractivity contribution is 5.85. The molecule has 0 saturated heterocycles. The number of halogens is 2. The molecule has 2 aromatic heterocycles. The number of hydrogen-bond donors (Lipinski definition) is 2. The van der Waals surface area contributed by atoms with E-state index in [4.69, 9.17) is 5.73 Å². The van der Waals surface area contributed by atoms with Gasteiger partial charge in [-0.05, 0) is 31.4 Å². The Morgan fingerprint density at radius 1 is 1.36 bits per heavy atom. The van der Waals surface area contributed by atoms with Gasteiger partial charge in [0.25, 0.3) is 0 Å². The van der Waals surface area contributed by atoms with Gasteiger partial charge < -0.3 is 15.5 Å². The minimum Gasteiger partial charge on any atom is -0.349 e. The second-order valence-corrected chi connectivity index (χ2v) is 5.58. The van der Waals surface area contributed by atoms with Crippen molar-refractivity contribution in [3.63, 3.8) is 0 Å². The second-order valence-electron chi connectivity index (χ2n) is 5.58. The van der Waals surface area contributed by atoms with Crippen molar-refractivity contribution in [1.82, 2.24) is 14.7 Å². The lowest BCUT2D eigenvalue weighted by atomic mass is 10.0. The van der Waals surface area contributed by atoms with E-state index in [9.17, 15) is 4.79 Å². The van der Waals surface area contributed by atoms with Crippen molar-refractivity contribution in [2.45, 2.75) is 39.8 Å². The summed E-state index contributed by atoms with van der Waals surface area (Å²) in [6, 6.07) is 5.49. The molecule has 2 rings (SSSR count). The molecule has 3 N–H and O–H groups in total. The van der Waals surface area contributed by atoms with Crippen LogP contribution in [0.5, 0.6) is 0 Å². The number of nitrogens with two attached hydrogens (primary N) is 1. The van der Waals surface area contributed by atoms with Gasteiger partial charge in [-0.15, -0.1) is 24.8 Å². The van der Waals surface area contributed by atoms with Gasteiger partial charge in [0.1, 0.15) is 5.65 Å². The van der Waals surface area contributed by atoms with Gasteiger partial charge in [0.2, 0.25) is 5.91 Å². The number of hydrogen-bond acceptors (Lipinski definition) is 3. The van der Waals surface area contributed by atoms with Crippen molar-refractivity contribution >= 4 is 36.4 Å². The number of nitrogens with one attached hydrogen (secondary N) is 1. The quantitative estimate of drug-likeness (QED) is 0.873. The zero-order chi connectivity index (χ0) is 14.7. The van der Waals surface area contributed by atoms with Crippen LogP contribution in [0.4, 0.5) is 0 Å². The van der Waals surface area contributed by atoms with Crippen LogP contribution >= 0.6 is 24.8 Å². The van der Waals surface area contributed by atoms with Gasteiger partial charge in [0.15, 0.2) is 0 Å². The molecule has 0 unspecified atom stereocenters. The molecule has 124 valence electrons. The molecule has 22 heavy (non-hydrogen) atoms. The first-order valence-corrected chi connectivity index (χ1v) is 6.94. The maximum absolute atomic E-state index is 11.9. The lowest BCUT2D eigenvalue weighted by Crippen LogP contribution is -2.41. The third-order valence-corrected chi connectivity index (χ3v) is 3.25. The van der Waals surface area contributed by atoms with Crippen molar-refractivity contribution in [3.05, 3.63) is 35.8 Å². The number of rotatable bonds is 5. The molecular weight excluding hydrogens is 323 g/mol. The van der Waals surface area contributed by atoms with Crippen molar-refractivity contribution in [1.29, 1.82) is 0 Å². The topological polar surface area (TPSA) is 72.4 Å². The van der Waals surface area contributed by atoms with Crippen molar-refractivity contribution in [3.8, 4) is 0 Å². The minimum absolute atomic E-state index is 0. The zero-order valence-corrected chi connectivity index (χ0v) is 14.7. The average molecular weight is 347 g/mol. The molecule has 1 amide bonds. The molecule has 0 fully saturated rings. The SMILES string of the molecule is Cc1cccc2nc(CNC(=O)[C@@H](N)CC(C)C)cn12.Cl.Cl. The Bertz CT molecular complexity index is 613. The number of aromatic nitrogens is 2. The molecule has 7 heteroatoms. The number of aryl methyl sites for hydroxylation is 1. The smallest absolute Gasteiger partial charge is 0.237 e. The van der Waals surface area contributed by atoms with Gasteiger partial charge in [0, 0.05) is 11.9 Å². The maximum Gasteiger partial charge on any atom is 0.237 e. The van der Waals surface area contributed by atoms with Crippen LogP contribution in [-0.2, 0) is 11.3 Å². The van der Waals surface area contributed by atoms with Gasteiger partial charge in [-0.25, -0.2) is 4.98 Å². The molecule has 0 aliphatic rings. The molecule has 2 aromatic rings. The monoisotopic (exact) mass is 346 g/mol. The fraction of sp³-hybridized carbons (Fsp3) is 0.467. The van der Waals surface area contributed by atoms with Crippen LogP contribution in [0.15, 0.2) is 24.4 Å². The first-order chi connectivity index (χ1) is 9.47. The predicted molar refractivity (Wildman–Crippen MR) is 93.7 cm³/mol. The maximum atomic E-state index is 11.9. The summed E-state index contributed by atoms with van der Waals surface area (Å²) in [5.41, 5.74) is 8.69. The number of imidazole rings is 1. The number of fused-ring (bicyclic) bond motifs is 1. The highest BCUT2D eigenvalue weighted by Crippen LogP contribution is 2.08. The fourth-order valence-corrected chi connectivity index (χ4v) is 2.21. The van der Waals surface area contributed by atoms with E-state index in [1.807, 2.05) is 35.7 Å². The summed E-state index contributed by atoms with van der Waals surface area (Å²) < 4.78 is 2.01. The predicted octanol–water partition coefficient (Wildman–Crippen LogP) is 2.48. The molecule has 0 saturated carbocycles. The number of carbonyl (C=O) groups is 1. The molecule has 5 nitrogen and oxygen atoms in total. The molecule has 0 spiro atoms. The average Bonchev–Trinajstić information content (AvgIpc) is 2.79. The number of nitrogens with zero attached hydrogens (tertiary/aromatic N) is 2. The zero-order valence-electron chi connectivity index (χ0n) is 13.1. The van der Waals surface area contributed by atoms with Gasteiger partial charge in [-0.3, -0.25) is 4.79 Å². The van der Waals surface area contributed by atoms with E-state index < -0.39 is 6.04 Å². The normalized spacial score (nSPS) is 11.7. The van der Waals surface area contributed by atoms with Crippen LogP contribution in [0.2, 0.25) is 0 Å². The van der Waals surface area contributed by atoms with E-state index in [0.29, 0.717) is 18.9 Å². The molecular formula is C15H24Cl2N4O. The largest absolute Gasteiger partial charge is 0.349 e.